The fourth-order valence-electron chi connectivity index (χ4n) is 1.86. The first-order valence-electron chi connectivity index (χ1n) is 4.95. The summed E-state index contributed by atoms with van der Waals surface area (Å²) < 4.78 is 5.13. The fraction of sp³-hybridized carbons (Fsp3) is 1.00. The van der Waals surface area contributed by atoms with Crippen LogP contribution in [0.3, 0.4) is 0 Å². The summed E-state index contributed by atoms with van der Waals surface area (Å²) in [5.41, 5.74) is -0.379. The van der Waals surface area contributed by atoms with Crippen molar-refractivity contribution >= 4 is 0 Å². The highest BCUT2D eigenvalue weighted by atomic mass is 16.5. The molecule has 2 nitrogen and oxygen atoms in total. The molecule has 0 aromatic carbocycles. The third-order valence-corrected chi connectivity index (χ3v) is 2.79. The van der Waals surface area contributed by atoms with E-state index in [2.05, 4.69) is 6.92 Å². The zero-order valence-corrected chi connectivity index (χ0v) is 8.18. The van der Waals surface area contributed by atoms with E-state index in [4.69, 9.17) is 4.74 Å². The summed E-state index contributed by atoms with van der Waals surface area (Å²) in [6.45, 7) is 2.18. The molecular weight excluding hydrogens is 152 g/mol. The predicted molar refractivity (Wildman–Crippen MR) is 49.1 cm³/mol. The lowest BCUT2D eigenvalue weighted by Crippen LogP contribution is -2.47. The number of hydrogen-bond acceptors (Lipinski definition) is 2. The fourth-order valence-corrected chi connectivity index (χ4v) is 1.86. The second-order valence-electron chi connectivity index (χ2n) is 3.95. The van der Waals surface area contributed by atoms with Crippen LogP contribution in [0.2, 0.25) is 0 Å². The summed E-state index contributed by atoms with van der Waals surface area (Å²) in [5, 5.41) is 9.86. The molecule has 72 valence electrons. The molecular formula is C10H20O2. The zero-order chi connectivity index (χ0) is 9.03. The van der Waals surface area contributed by atoms with E-state index in [1.165, 1.54) is 12.8 Å². The van der Waals surface area contributed by atoms with Crippen LogP contribution < -0.4 is 0 Å². The number of aliphatic hydroxyl groups is 1. The van der Waals surface area contributed by atoms with Crippen LogP contribution in [0.15, 0.2) is 0 Å². The van der Waals surface area contributed by atoms with Crippen LogP contribution in [0.4, 0.5) is 0 Å². The molecule has 0 unspecified atom stereocenters. The van der Waals surface area contributed by atoms with Gasteiger partial charge in [0.15, 0.2) is 0 Å². The third-order valence-electron chi connectivity index (χ3n) is 2.79. The molecule has 1 rings (SSSR count). The molecule has 0 spiro atoms. The Morgan fingerprint density at radius 1 is 1.42 bits per heavy atom. The topological polar surface area (TPSA) is 29.5 Å². The largest absolute Gasteiger partial charge is 0.390 e. The van der Waals surface area contributed by atoms with E-state index in [0.29, 0.717) is 6.10 Å². The molecule has 1 aliphatic rings. The number of methoxy groups -OCH3 is 1. The summed E-state index contributed by atoms with van der Waals surface area (Å²) in [6.07, 6.45) is 6.57. The van der Waals surface area contributed by atoms with Crippen molar-refractivity contribution < 1.29 is 9.84 Å². The van der Waals surface area contributed by atoms with E-state index in [1.807, 2.05) is 0 Å². The van der Waals surface area contributed by atoms with Crippen LogP contribution in [0.25, 0.3) is 0 Å². The summed E-state index contributed by atoms with van der Waals surface area (Å²) in [4.78, 5) is 0. The molecule has 1 saturated carbocycles. The van der Waals surface area contributed by atoms with Crippen LogP contribution in [-0.2, 0) is 4.74 Å². The van der Waals surface area contributed by atoms with Gasteiger partial charge in [-0.1, -0.05) is 26.2 Å². The van der Waals surface area contributed by atoms with Crippen LogP contribution in [0.1, 0.15) is 45.4 Å². The van der Waals surface area contributed by atoms with Gasteiger partial charge in [-0.05, 0) is 6.42 Å². The van der Waals surface area contributed by atoms with Gasteiger partial charge in [-0.25, -0.2) is 0 Å². The van der Waals surface area contributed by atoms with Gasteiger partial charge in [0.25, 0.3) is 0 Å². The molecule has 0 radical (unpaired) electrons. The Labute approximate surface area is 74.9 Å². The van der Waals surface area contributed by atoms with Crippen molar-refractivity contribution in [3.05, 3.63) is 0 Å². The first-order chi connectivity index (χ1) is 5.70. The average molecular weight is 172 g/mol. The molecule has 0 heterocycles. The zero-order valence-electron chi connectivity index (χ0n) is 8.18. The maximum absolute atomic E-state index is 9.86. The monoisotopic (exact) mass is 172 g/mol. The average Bonchev–Trinajstić information content (AvgIpc) is 2.00. The quantitative estimate of drug-likeness (QED) is 0.643. The Balaban J connectivity index is 2.08. The Morgan fingerprint density at radius 3 is 2.58 bits per heavy atom. The summed E-state index contributed by atoms with van der Waals surface area (Å²) in [6, 6.07) is 0. The molecule has 2 heteroatoms. The van der Waals surface area contributed by atoms with Crippen molar-refractivity contribution in [2.45, 2.75) is 57.2 Å². The molecule has 0 atom stereocenters. The van der Waals surface area contributed by atoms with Gasteiger partial charge in [-0.2, -0.15) is 0 Å². The van der Waals surface area contributed by atoms with Gasteiger partial charge in [0.1, 0.15) is 0 Å². The normalized spacial score (nSPS) is 34.8. The Morgan fingerprint density at radius 2 is 2.08 bits per heavy atom. The van der Waals surface area contributed by atoms with Gasteiger partial charge in [-0.15, -0.1) is 0 Å². The highest BCUT2D eigenvalue weighted by Gasteiger charge is 2.41. The standard InChI is InChI=1S/C10H20O2/c1-3-4-5-6-10(11)7-9(8-10)12-2/h9,11H,3-8H2,1-2H3. The molecule has 12 heavy (non-hydrogen) atoms. The molecule has 1 fully saturated rings. The molecule has 0 aromatic heterocycles. The second-order valence-corrected chi connectivity index (χ2v) is 3.95. The van der Waals surface area contributed by atoms with Crippen LogP contribution >= 0.6 is 0 Å². The maximum atomic E-state index is 9.86. The number of hydrogen-bond donors (Lipinski definition) is 1. The van der Waals surface area contributed by atoms with Gasteiger partial charge in [0, 0.05) is 20.0 Å². The molecule has 0 aliphatic heterocycles. The van der Waals surface area contributed by atoms with E-state index >= 15 is 0 Å². The molecule has 1 aliphatic carbocycles. The summed E-state index contributed by atoms with van der Waals surface area (Å²) in [7, 11) is 1.72. The van der Waals surface area contributed by atoms with Gasteiger partial charge >= 0.3 is 0 Å². The van der Waals surface area contributed by atoms with Crippen LogP contribution in [0.5, 0.6) is 0 Å². The van der Waals surface area contributed by atoms with Crippen LogP contribution in [0, 0.1) is 0 Å². The van der Waals surface area contributed by atoms with Crippen molar-refractivity contribution in [2.75, 3.05) is 7.11 Å². The molecule has 1 N–H and O–H groups in total. The summed E-state index contributed by atoms with van der Waals surface area (Å²) in [5.74, 6) is 0. The van der Waals surface area contributed by atoms with Crippen molar-refractivity contribution in [1.29, 1.82) is 0 Å². The molecule has 0 aromatic rings. The van der Waals surface area contributed by atoms with Crippen LogP contribution in [-0.4, -0.2) is 23.9 Å². The number of unbranched alkanes of at least 4 members (excludes halogenated alkanes) is 2. The highest BCUT2D eigenvalue weighted by Crippen LogP contribution is 2.38. The first-order valence-corrected chi connectivity index (χ1v) is 4.95. The van der Waals surface area contributed by atoms with Crippen molar-refractivity contribution in [2.24, 2.45) is 0 Å². The molecule has 0 amide bonds. The van der Waals surface area contributed by atoms with E-state index in [9.17, 15) is 5.11 Å². The van der Waals surface area contributed by atoms with Gasteiger partial charge in [0.05, 0.1) is 11.7 Å². The molecule has 0 bridgehead atoms. The minimum absolute atomic E-state index is 0.316. The minimum Gasteiger partial charge on any atom is -0.390 e. The minimum atomic E-state index is -0.379. The SMILES string of the molecule is CCCCCC1(O)CC(OC)C1. The van der Waals surface area contributed by atoms with Crippen molar-refractivity contribution in [1.82, 2.24) is 0 Å². The van der Waals surface area contributed by atoms with E-state index in [-0.39, 0.29) is 5.60 Å². The van der Waals surface area contributed by atoms with E-state index < -0.39 is 0 Å². The Bertz CT molecular complexity index is 128. The maximum Gasteiger partial charge on any atom is 0.0697 e. The lowest BCUT2D eigenvalue weighted by molar-refractivity contribution is -0.131. The second kappa shape index (κ2) is 4.24. The van der Waals surface area contributed by atoms with Crippen molar-refractivity contribution in [3.8, 4) is 0 Å². The number of rotatable bonds is 5. The predicted octanol–water partition coefficient (Wildman–Crippen LogP) is 2.11. The smallest absolute Gasteiger partial charge is 0.0697 e. The molecule has 0 saturated heterocycles. The van der Waals surface area contributed by atoms with Gasteiger partial charge < -0.3 is 9.84 Å². The third kappa shape index (κ3) is 2.46. The lowest BCUT2D eigenvalue weighted by Gasteiger charge is -2.42. The highest BCUT2D eigenvalue weighted by molar-refractivity contribution is 4.94. The van der Waals surface area contributed by atoms with E-state index in [1.54, 1.807) is 7.11 Å². The Kier molecular flexibility index (Phi) is 3.53. The van der Waals surface area contributed by atoms with Gasteiger partial charge in [-0.3, -0.25) is 0 Å². The van der Waals surface area contributed by atoms with Crippen molar-refractivity contribution in [3.63, 3.8) is 0 Å². The Hall–Kier alpha value is -0.0800. The number of ether oxygens (including phenoxy) is 1. The first kappa shape index (κ1) is 10.0. The lowest BCUT2D eigenvalue weighted by atomic mass is 9.74. The van der Waals surface area contributed by atoms with E-state index in [0.717, 1.165) is 25.7 Å². The van der Waals surface area contributed by atoms with Gasteiger partial charge in [0.2, 0.25) is 0 Å². The summed E-state index contributed by atoms with van der Waals surface area (Å²) >= 11 is 0.